The number of piperidine rings is 1. The Morgan fingerprint density at radius 3 is 2.03 bits per heavy atom. The zero-order valence-electron chi connectivity index (χ0n) is 18.1. The summed E-state index contributed by atoms with van der Waals surface area (Å²) >= 11 is 0. The van der Waals surface area contributed by atoms with E-state index in [1.807, 2.05) is 43.9 Å². The van der Waals surface area contributed by atoms with Gasteiger partial charge in [0.2, 0.25) is 0 Å². The van der Waals surface area contributed by atoms with Crippen molar-refractivity contribution in [1.29, 1.82) is 0 Å². The molecule has 2 aliphatic rings. The number of amides is 1. The van der Waals surface area contributed by atoms with E-state index in [-0.39, 0.29) is 24.1 Å². The molecule has 2 saturated heterocycles. The van der Waals surface area contributed by atoms with Crippen LogP contribution in [0.4, 0.5) is 4.79 Å². The number of benzene rings is 2. The van der Waals surface area contributed by atoms with Crippen molar-refractivity contribution in [2.45, 2.75) is 70.6 Å². The van der Waals surface area contributed by atoms with E-state index < -0.39 is 5.60 Å². The summed E-state index contributed by atoms with van der Waals surface area (Å²) < 4.78 is 5.60. The molecule has 4 heteroatoms. The highest BCUT2D eigenvalue weighted by Gasteiger charge is 2.46. The zero-order chi connectivity index (χ0) is 21.3. The first kappa shape index (κ1) is 20.6. The predicted molar refractivity (Wildman–Crippen MR) is 118 cm³/mol. The minimum atomic E-state index is -0.491. The number of fused-ring (bicyclic) bond motifs is 2. The summed E-state index contributed by atoms with van der Waals surface area (Å²) in [6, 6.07) is 18.8. The van der Waals surface area contributed by atoms with Crippen molar-refractivity contribution in [3.8, 4) is 11.1 Å². The van der Waals surface area contributed by atoms with Crippen molar-refractivity contribution >= 4 is 11.9 Å². The van der Waals surface area contributed by atoms with E-state index in [9.17, 15) is 9.59 Å². The van der Waals surface area contributed by atoms with Gasteiger partial charge in [-0.1, -0.05) is 54.6 Å². The van der Waals surface area contributed by atoms with Gasteiger partial charge in [0.05, 0.1) is 0 Å². The Morgan fingerprint density at radius 2 is 1.47 bits per heavy atom. The number of rotatable bonds is 4. The molecule has 2 aromatic rings. The minimum Gasteiger partial charge on any atom is -0.444 e. The third-order valence-corrected chi connectivity index (χ3v) is 6.23. The SMILES string of the molecule is CC(C)(C)OC(=O)N1C2CCC1CC(C(=O)Cc1ccc(-c3ccccc3)cc1)C2. The highest BCUT2D eigenvalue weighted by Crippen LogP contribution is 2.40. The molecule has 0 N–H and O–H groups in total. The monoisotopic (exact) mass is 405 g/mol. The van der Waals surface area contributed by atoms with Crippen molar-refractivity contribution in [3.05, 3.63) is 60.2 Å². The molecule has 1 amide bonds. The van der Waals surface area contributed by atoms with Crippen molar-refractivity contribution in [1.82, 2.24) is 4.90 Å². The third kappa shape index (κ3) is 4.58. The van der Waals surface area contributed by atoms with Crippen LogP contribution in [0.2, 0.25) is 0 Å². The molecule has 2 aliphatic heterocycles. The average molecular weight is 406 g/mol. The summed E-state index contributed by atoms with van der Waals surface area (Å²) in [5, 5.41) is 0. The van der Waals surface area contributed by atoms with Gasteiger partial charge in [0.1, 0.15) is 11.4 Å². The van der Waals surface area contributed by atoms with Crippen LogP contribution in [0.5, 0.6) is 0 Å². The molecule has 158 valence electrons. The Bertz CT molecular complexity index is 884. The maximum Gasteiger partial charge on any atom is 0.410 e. The zero-order valence-corrected chi connectivity index (χ0v) is 18.1. The first-order valence-electron chi connectivity index (χ1n) is 11.0. The fourth-order valence-corrected chi connectivity index (χ4v) is 4.84. The molecule has 4 nitrogen and oxygen atoms in total. The highest BCUT2D eigenvalue weighted by molar-refractivity contribution is 5.84. The number of ether oxygens (including phenoxy) is 1. The number of carbonyl (C=O) groups is 2. The van der Waals surface area contributed by atoms with Crippen LogP contribution in [0.3, 0.4) is 0 Å². The van der Waals surface area contributed by atoms with Crippen molar-refractivity contribution < 1.29 is 14.3 Å². The van der Waals surface area contributed by atoms with Gasteiger partial charge in [0.15, 0.2) is 0 Å². The molecular weight excluding hydrogens is 374 g/mol. The molecule has 2 heterocycles. The van der Waals surface area contributed by atoms with Gasteiger partial charge in [0.25, 0.3) is 0 Å². The van der Waals surface area contributed by atoms with Gasteiger partial charge in [-0.3, -0.25) is 4.79 Å². The summed E-state index contributed by atoms with van der Waals surface area (Å²) in [5.41, 5.74) is 2.91. The van der Waals surface area contributed by atoms with Crippen LogP contribution in [0.1, 0.15) is 52.0 Å². The van der Waals surface area contributed by atoms with E-state index >= 15 is 0 Å². The van der Waals surface area contributed by atoms with Crippen LogP contribution < -0.4 is 0 Å². The van der Waals surface area contributed by atoms with Crippen molar-refractivity contribution in [2.75, 3.05) is 0 Å². The second-order valence-electron chi connectivity index (χ2n) is 9.65. The smallest absolute Gasteiger partial charge is 0.410 e. The number of hydrogen-bond acceptors (Lipinski definition) is 3. The molecular formula is C26H31NO3. The molecule has 2 bridgehead atoms. The molecule has 0 radical (unpaired) electrons. The highest BCUT2D eigenvalue weighted by atomic mass is 16.6. The molecule has 0 spiro atoms. The topological polar surface area (TPSA) is 46.6 Å². The Hall–Kier alpha value is -2.62. The van der Waals surface area contributed by atoms with Crippen molar-refractivity contribution in [3.63, 3.8) is 0 Å². The lowest BCUT2D eigenvalue weighted by atomic mass is 9.85. The second kappa shape index (κ2) is 8.25. The molecule has 30 heavy (non-hydrogen) atoms. The Morgan fingerprint density at radius 1 is 0.900 bits per heavy atom. The maximum absolute atomic E-state index is 13.0. The Labute approximate surface area is 179 Å². The van der Waals surface area contributed by atoms with Gasteiger partial charge in [-0.2, -0.15) is 0 Å². The Balaban J connectivity index is 1.37. The number of hydrogen-bond donors (Lipinski definition) is 0. The lowest BCUT2D eigenvalue weighted by Gasteiger charge is -2.39. The maximum atomic E-state index is 13.0. The second-order valence-corrected chi connectivity index (χ2v) is 9.65. The van der Waals surface area contributed by atoms with E-state index in [0.717, 1.165) is 36.8 Å². The molecule has 0 aliphatic carbocycles. The quantitative estimate of drug-likeness (QED) is 0.661. The number of Topliss-reactive ketones (excluding diaryl/α,β-unsaturated/α-hetero) is 1. The van der Waals surface area contributed by atoms with E-state index in [0.29, 0.717) is 12.2 Å². The van der Waals surface area contributed by atoms with E-state index in [2.05, 4.69) is 36.4 Å². The van der Waals surface area contributed by atoms with Crippen LogP contribution in [0.15, 0.2) is 54.6 Å². The van der Waals surface area contributed by atoms with Gasteiger partial charge in [-0.25, -0.2) is 4.79 Å². The fraction of sp³-hybridized carbons (Fsp3) is 0.462. The summed E-state index contributed by atoms with van der Waals surface area (Å²) in [4.78, 5) is 27.5. The van der Waals surface area contributed by atoms with Gasteiger partial charge < -0.3 is 9.64 Å². The van der Waals surface area contributed by atoms with Gasteiger partial charge >= 0.3 is 6.09 Å². The first-order valence-corrected chi connectivity index (χ1v) is 11.0. The molecule has 2 unspecified atom stereocenters. The molecule has 0 aromatic heterocycles. The van der Waals surface area contributed by atoms with Crippen LogP contribution in [-0.4, -0.2) is 34.5 Å². The van der Waals surface area contributed by atoms with Gasteiger partial charge in [-0.05, 0) is 63.1 Å². The van der Waals surface area contributed by atoms with Crippen molar-refractivity contribution in [2.24, 2.45) is 5.92 Å². The third-order valence-electron chi connectivity index (χ3n) is 6.23. The minimum absolute atomic E-state index is 0.0370. The standard InChI is InChI=1S/C26H31NO3/c1-26(2,3)30-25(29)27-22-13-14-23(27)17-21(16-22)24(28)15-18-9-11-20(12-10-18)19-7-5-4-6-8-19/h4-12,21-23H,13-17H2,1-3H3. The number of ketones is 1. The largest absolute Gasteiger partial charge is 0.444 e. The summed E-state index contributed by atoms with van der Waals surface area (Å²) in [6.07, 6.45) is 3.70. The van der Waals surface area contributed by atoms with Gasteiger partial charge in [-0.15, -0.1) is 0 Å². The molecule has 4 rings (SSSR count). The average Bonchev–Trinajstić information content (AvgIpc) is 2.98. The fourth-order valence-electron chi connectivity index (χ4n) is 4.84. The lowest BCUT2D eigenvalue weighted by Crippen LogP contribution is -2.49. The van der Waals surface area contributed by atoms with E-state index in [4.69, 9.17) is 4.74 Å². The van der Waals surface area contributed by atoms with Crippen LogP contribution >= 0.6 is 0 Å². The number of nitrogens with zero attached hydrogens (tertiary/aromatic N) is 1. The Kier molecular flexibility index (Phi) is 5.68. The summed E-state index contributed by atoms with van der Waals surface area (Å²) in [5.74, 6) is 0.332. The molecule has 0 saturated carbocycles. The van der Waals surface area contributed by atoms with Crippen LogP contribution in [0, 0.1) is 5.92 Å². The van der Waals surface area contributed by atoms with E-state index in [1.54, 1.807) is 0 Å². The molecule has 2 aromatic carbocycles. The predicted octanol–water partition coefficient (Wildman–Crippen LogP) is 5.64. The first-order chi connectivity index (χ1) is 14.3. The lowest BCUT2D eigenvalue weighted by molar-refractivity contribution is -0.124. The molecule has 2 atom stereocenters. The summed E-state index contributed by atoms with van der Waals surface area (Å²) in [6.45, 7) is 5.68. The molecule has 2 fully saturated rings. The normalized spacial score (nSPS) is 23.3. The van der Waals surface area contributed by atoms with Crippen LogP contribution in [0.25, 0.3) is 11.1 Å². The summed E-state index contributed by atoms with van der Waals surface area (Å²) in [7, 11) is 0. The van der Waals surface area contributed by atoms with E-state index in [1.165, 1.54) is 5.56 Å². The van der Waals surface area contributed by atoms with Crippen LogP contribution in [-0.2, 0) is 16.0 Å². The van der Waals surface area contributed by atoms with Gasteiger partial charge in [0, 0.05) is 24.4 Å². The number of carbonyl (C=O) groups excluding carboxylic acids is 2.